The van der Waals surface area contributed by atoms with Gasteiger partial charge < -0.3 is 5.11 Å². The smallest absolute Gasteiger partial charge is 0.323 e. The largest absolute Gasteiger partial charge is 0.480 e. The van der Waals surface area contributed by atoms with Gasteiger partial charge in [0.25, 0.3) is 0 Å². The van der Waals surface area contributed by atoms with Crippen molar-refractivity contribution >= 4 is 5.97 Å². The Bertz CT molecular complexity index is 171. The first-order valence-corrected chi connectivity index (χ1v) is 4.53. The van der Waals surface area contributed by atoms with Gasteiger partial charge in [-0.05, 0) is 26.7 Å². The van der Waals surface area contributed by atoms with Gasteiger partial charge in [-0.15, -0.1) is 0 Å². The Morgan fingerprint density at radius 3 is 2.33 bits per heavy atom. The van der Waals surface area contributed by atoms with Crippen LogP contribution in [0.1, 0.15) is 39.5 Å². The molecule has 1 saturated carbocycles. The van der Waals surface area contributed by atoms with E-state index in [-0.39, 0.29) is 0 Å². The van der Waals surface area contributed by atoms with Crippen LogP contribution in [-0.2, 0) is 4.79 Å². The first-order valence-electron chi connectivity index (χ1n) is 4.53. The van der Waals surface area contributed by atoms with Crippen molar-refractivity contribution < 1.29 is 9.90 Å². The Hall–Kier alpha value is -0.570. The molecule has 0 spiro atoms. The van der Waals surface area contributed by atoms with Crippen LogP contribution < -0.4 is 5.32 Å². The van der Waals surface area contributed by atoms with E-state index in [2.05, 4.69) is 5.32 Å². The van der Waals surface area contributed by atoms with E-state index in [4.69, 9.17) is 5.11 Å². The van der Waals surface area contributed by atoms with Gasteiger partial charge in [-0.1, -0.05) is 12.8 Å². The molecule has 0 unspecified atom stereocenters. The fourth-order valence-electron chi connectivity index (χ4n) is 1.64. The predicted octanol–water partition coefficient (Wildman–Crippen LogP) is 1.38. The molecule has 1 rings (SSSR count). The summed E-state index contributed by atoms with van der Waals surface area (Å²) in [6.45, 7) is 3.43. The molecule has 0 radical (unpaired) electrons. The molecule has 1 aliphatic carbocycles. The van der Waals surface area contributed by atoms with Gasteiger partial charge in [0.05, 0.1) is 0 Å². The second-order valence-electron chi connectivity index (χ2n) is 4.06. The maximum Gasteiger partial charge on any atom is 0.323 e. The molecule has 0 saturated heterocycles. The Kier molecular flexibility index (Phi) is 2.73. The summed E-state index contributed by atoms with van der Waals surface area (Å²) in [7, 11) is 0. The fraction of sp³-hybridized carbons (Fsp3) is 0.889. The Balaban J connectivity index is 2.42. The third-order valence-corrected chi connectivity index (χ3v) is 2.45. The van der Waals surface area contributed by atoms with Crippen LogP contribution in [0.4, 0.5) is 0 Å². The van der Waals surface area contributed by atoms with Crippen molar-refractivity contribution in [1.29, 1.82) is 0 Å². The lowest BCUT2D eigenvalue weighted by molar-refractivity contribution is -0.143. The zero-order chi connectivity index (χ0) is 9.19. The summed E-state index contributed by atoms with van der Waals surface area (Å²) in [5.41, 5.74) is -0.769. The molecule has 70 valence electrons. The van der Waals surface area contributed by atoms with Crippen molar-refractivity contribution in [3.8, 4) is 0 Å². The van der Waals surface area contributed by atoms with Gasteiger partial charge >= 0.3 is 5.97 Å². The van der Waals surface area contributed by atoms with E-state index < -0.39 is 11.5 Å². The van der Waals surface area contributed by atoms with Crippen LogP contribution in [0.5, 0.6) is 0 Å². The minimum atomic E-state index is -0.769. The van der Waals surface area contributed by atoms with Gasteiger partial charge in [-0.3, -0.25) is 10.1 Å². The maximum absolute atomic E-state index is 10.7. The van der Waals surface area contributed by atoms with Gasteiger partial charge in [0.2, 0.25) is 0 Å². The quantitative estimate of drug-likeness (QED) is 0.674. The molecule has 3 nitrogen and oxygen atoms in total. The minimum absolute atomic E-state index is 0.413. The third kappa shape index (κ3) is 2.21. The van der Waals surface area contributed by atoms with Crippen LogP contribution >= 0.6 is 0 Å². The summed E-state index contributed by atoms with van der Waals surface area (Å²) in [5, 5.41) is 12.0. The first kappa shape index (κ1) is 9.52. The highest BCUT2D eigenvalue weighted by Gasteiger charge is 2.30. The van der Waals surface area contributed by atoms with Crippen LogP contribution in [-0.4, -0.2) is 22.7 Å². The topological polar surface area (TPSA) is 49.3 Å². The van der Waals surface area contributed by atoms with E-state index in [1.807, 2.05) is 0 Å². The molecule has 0 aliphatic heterocycles. The lowest BCUT2D eigenvalue weighted by atomic mass is 10.0. The molecular weight excluding hydrogens is 154 g/mol. The minimum Gasteiger partial charge on any atom is -0.480 e. The van der Waals surface area contributed by atoms with Crippen molar-refractivity contribution in [2.24, 2.45) is 0 Å². The van der Waals surface area contributed by atoms with Gasteiger partial charge in [0.15, 0.2) is 0 Å². The zero-order valence-corrected chi connectivity index (χ0v) is 7.76. The predicted molar refractivity (Wildman–Crippen MR) is 47.1 cm³/mol. The van der Waals surface area contributed by atoms with E-state index in [0.29, 0.717) is 6.04 Å². The molecule has 0 bridgehead atoms. The van der Waals surface area contributed by atoms with Gasteiger partial charge in [-0.2, -0.15) is 0 Å². The number of carboxylic acid groups (broad SMARTS) is 1. The highest BCUT2D eigenvalue weighted by molar-refractivity contribution is 5.77. The SMILES string of the molecule is CC(C)(NC1CCCC1)C(=O)O. The number of nitrogens with one attached hydrogen (secondary N) is 1. The number of rotatable bonds is 3. The van der Waals surface area contributed by atoms with E-state index >= 15 is 0 Å². The molecule has 0 aromatic heterocycles. The summed E-state index contributed by atoms with van der Waals surface area (Å²) in [6.07, 6.45) is 4.70. The van der Waals surface area contributed by atoms with E-state index in [1.165, 1.54) is 12.8 Å². The first-order chi connectivity index (χ1) is 5.52. The average molecular weight is 171 g/mol. The van der Waals surface area contributed by atoms with Crippen molar-refractivity contribution in [3.63, 3.8) is 0 Å². The molecule has 0 atom stereocenters. The Morgan fingerprint density at radius 1 is 1.42 bits per heavy atom. The van der Waals surface area contributed by atoms with Crippen LogP contribution in [0, 0.1) is 0 Å². The fourth-order valence-corrected chi connectivity index (χ4v) is 1.64. The zero-order valence-electron chi connectivity index (χ0n) is 7.76. The number of carboxylic acids is 1. The number of hydrogen-bond donors (Lipinski definition) is 2. The van der Waals surface area contributed by atoms with Crippen LogP contribution in [0.25, 0.3) is 0 Å². The second-order valence-corrected chi connectivity index (χ2v) is 4.06. The third-order valence-electron chi connectivity index (χ3n) is 2.45. The summed E-state index contributed by atoms with van der Waals surface area (Å²) in [4.78, 5) is 10.7. The molecule has 0 aromatic rings. The number of aliphatic carboxylic acids is 1. The lowest BCUT2D eigenvalue weighted by Crippen LogP contribution is -2.50. The Labute approximate surface area is 73.2 Å². The van der Waals surface area contributed by atoms with Crippen molar-refractivity contribution in [1.82, 2.24) is 5.32 Å². The molecule has 1 aliphatic rings. The maximum atomic E-state index is 10.7. The summed E-state index contributed by atoms with van der Waals surface area (Å²) in [5.74, 6) is -0.769. The van der Waals surface area contributed by atoms with Gasteiger partial charge in [-0.25, -0.2) is 0 Å². The summed E-state index contributed by atoms with van der Waals surface area (Å²) >= 11 is 0. The normalized spacial score (nSPS) is 19.8. The highest BCUT2D eigenvalue weighted by atomic mass is 16.4. The molecule has 0 heterocycles. The van der Waals surface area contributed by atoms with Gasteiger partial charge in [0, 0.05) is 6.04 Å². The monoisotopic (exact) mass is 171 g/mol. The summed E-state index contributed by atoms with van der Waals surface area (Å²) < 4.78 is 0. The van der Waals surface area contributed by atoms with E-state index in [1.54, 1.807) is 13.8 Å². The summed E-state index contributed by atoms with van der Waals surface area (Å²) in [6, 6.07) is 0.413. The molecular formula is C9H17NO2. The molecule has 0 amide bonds. The van der Waals surface area contributed by atoms with E-state index in [0.717, 1.165) is 12.8 Å². The average Bonchev–Trinajstić information content (AvgIpc) is 2.38. The van der Waals surface area contributed by atoms with Crippen molar-refractivity contribution in [2.75, 3.05) is 0 Å². The molecule has 2 N–H and O–H groups in total. The number of carbonyl (C=O) groups is 1. The lowest BCUT2D eigenvalue weighted by Gasteiger charge is -2.25. The van der Waals surface area contributed by atoms with Crippen LogP contribution in [0.15, 0.2) is 0 Å². The number of hydrogen-bond acceptors (Lipinski definition) is 2. The standard InChI is InChI=1S/C9H17NO2/c1-9(2,8(11)12)10-7-5-3-4-6-7/h7,10H,3-6H2,1-2H3,(H,11,12). The molecule has 0 aromatic carbocycles. The Morgan fingerprint density at radius 2 is 1.92 bits per heavy atom. The second kappa shape index (κ2) is 3.44. The van der Waals surface area contributed by atoms with Gasteiger partial charge in [0.1, 0.15) is 5.54 Å². The van der Waals surface area contributed by atoms with Crippen LogP contribution in [0.3, 0.4) is 0 Å². The van der Waals surface area contributed by atoms with Crippen LogP contribution in [0.2, 0.25) is 0 Å². The molecule has 12 heavy (non-hydrogen) atoms. The van der Waals surface area contributed by atoms with E-state index in [9.17, 15) is 4.79 Å². The highest BCUT2D eigenvalue weighted by Crippen LogP contribution is 2.20. The van der Waals surface area contributed by atoms with Crippen molar-refractivity contribution in [2.45, 2.75) is 51.1 Å². The molecule has 1 fully saturated rings. The molecule has 3 heteroatoms. The van der Waals surface area contributed by atoms with Crippen molar-refractivity contribution in [3.05, 3.63) is 0 Å².